The average Bonchev–Trinajstić information content (AvgIpc) is 2.48. The molecule has 0 fully saturated rings. The molecular formula is C15H12FN3O. The summed E-state index contributed by atoms with van der Waals surface area (Å²) in [5, 5.41) is 12.1. The van der Waals surface area contributed by atoms with Crippen LogP contribution < -0.4 is 10.6 Å². The summed E-state index contributed by atoms with van der Waals surface area (Å²) in [6, 6.07) is 13.3. The molecule has 0 aliphatic heterocycles. The molecule has 2 rings (SSSR count). The zero-order valence-corrected chi connectivity index (χ0v) is 10.6. The van der Waals surface area contributed by atoms with Crippen LogP contribution in [0, 0.1) is 17.1 Å². The number of rotatable bonds is 4. The largest absolute Gasteiger partial charge is 0.489 e. The van der Waals surface area contributed by atoms with E-state index in [4.69, 9.17) is 15.8 Å². The second-order valence-electron chi connectivity index (χ2n) is 4.05. The lowest BCUT2D eigenvalue weighted by atomic mass is 10.1. The predicted molar refractivity (Wildman–Crippen MR) is 73.7 cm³/mol. The van der Waals surface area contributed by atoms with Crippen LogP contribution in [0.15, 0.2) is 47.6 Å². The first-order valence-electron chi connectivity index (χ1n) is 5.87. The van der Waals surface area contributed by atoms with E-state index in [2.05, 4.69) is 5.10 Å². The smallest absolute Gasteiger partial charge is 0.131 e. The Balaban J connectivity index is 2.03. The minimum Gasteiger partial charge on any atom is -0.489 e. The summed E-state index contributed by atoms with van der Waals surface area (Å²) in [5.41, 5.74) is 1.54. The van der Waals surface area contributed by atoms with Crippen molar-refractivity contribution in [2.75, 3.05) is 0 Å². The van der Waals surface area contributed by atoms with Crippen LogP contribution >= 0.6 is 0 Å². The van der Waals surface area contributed by atoms with Gasteiger partial charge in [0.25, 0.3) is 0 Å². The number of benzene rings is 2. The number of hydrogen-bond acceptors (Lipinski definition) is 4. The number of hydrogen-bond donors (Lipinski definition) is 1. The van der Waals surface area contributed by atoms with Crippen LogP contribution in [0.25, 0.3) is 0 Å². The molecule has 5 heteroatoms. The topological polar surface area (TPSA) is 71.4 Å². The number of ether oxygens (including phenoxy) is 1. The maximum Gasteiger partial charge on any atom is 0.131 e. The van der Waals surface area contributed by atoms with Crippen LogP contribution in [0.2, 0.25) is 0 Å². The molecule has 0 unspecified atom stereocenters. The van der Waals surface area contributed by atoms with Gasteiger partial charge in [-0.15, -0.1) is 0 Å². The van der Waals surface area contributed by atoms with E-state index in [1.165, 1.54) is 12.3 Å². The lowest BCUT2D eigenvalue weighted by Gasteiger charge is -2.07. The number of nitrogens with two attached hydrogens (primary N) is 1. The maximum absolute atomic E-state index is 13.6. The Morgan fingerprint density at radius 1 is 1.25 bits per heavy atom. The van der Waals surface area contributed by atoms with Crippen molar-refractivity contribution >= 4 is 6.21 Å². The lowest BCUT2D eigenvalue weighted by Crippen LogP contribution is -1.99. The first kappa shape index (κ1) is 13.6. The molecule has 0 heterocycles. The van der Waals surface area contributed by atoms with Gasteiger partial charge >= 0.3 is 0 Å². The molecule has 2 N–H and O–H groups in total. The minimum absolute atomic E-state index is 0.0991. The highest BCUT2D eigenvalue weighted by Gasteiger charge is 2.04. The van der Waals surface area contributed by atoms with E-state index in [1.807, 2.05) is 6.07 Å². The SMILES string of the molecule is N#Cc1ccc(COc2ccc(C=NN)cc2)c(F)c1. The molecule has 0 spiro atoms. The van der Waals surface area contributed by atoms with Gasteiger partial charge in [-0.25, -0.2) is 4.39 Å². The first-order chi connectivity index (χ1) is 9.72. The Morgan fingerprint density at radius 2 is 2.00 bits per heavy atom. The van der Waals surface area contributed by atoms with E-state index in [0.717, 1.165) is 5.56 Å². The zero-order chi connectivity index (χ0) is 14.4. The van der Waals surface area contributed by atoms with Gasteiger partial charge in [-0.2, -0.15) is 10.4 Å². The van der Waals surface area contributed by atoms with E-state index in [1.54, 1.807) is 36.4 Å². The van der Waals surface area contributed by atoms with Gasteiger partial charge in [0.1, 0.15) is 18.2 Å². The van der Waals surface area contributed by atoms with Crippen LogP contribution in [0.3, 0.4) is 0 Å². The Morgan fingerprint density at radius 3 is 2.60 bits per heavy atom. The molecule has 0 saturated heterocycles. The molecule has 2 aromatic carbocycles. The fourth-order valence-electron chi connectivity index (χ4n) is 1.63. The van der Waals surface area contributed by atoms with Crippen LogP contribution in [-0.4, -0.2) is 6.21 Å². The van der Waals surface area contributed by atoms with Crippen molar-refractivity contribution in [3.05, 3.63) is 65.0 Å². The molecule has 2 aromatic rings. The zero-order valence-electron chi connectivity index (χ0n) is 10.6. The first-order valence-corrected chi connectivity index (χ1v) is 5.87. The van der Waals surface area contributed by atoms with Gasteiger partial charge in [-0.05, 0) is 42.0 Å². The van der Waals surface area contributed by atoms with Gasteiger partial charge < -0.3 is 10.6 Å². The molecule has 0 amide bonds. The summed E-state index contributed by atoms with van der Waals surface area (Å²) >= 11 is 0. The molecule has 20 heavy (non-hydrogen) atoms. The van der Waals surface area contributed by atoms with E-state index in [9.17, 15) is 4.39 Å². The molecule has 0 radical (unpaired) electrons. The predicted octanol–water partition coefficient (Wildman–Crippen LogP) is 2.57. The third kappa shape index (κ3) is 3.33. The van der Waals surface area contributed by atoms with Gasteiger partial charge in [-0.3, -0.25) is 0 Å². The van der Waals surface area contributed by atoms with E-state index >= 15 is 0 Å². The quantitative estimate of drug-likeness (QED) is 0.526. The van der Waals surface area contributed by atoms with Crippen molar-refractivity contribution in [1.29, 1.82) is 5.26 Å². The number of nitrogens with zero attached hydrogens (tertiary/aromatic N) is 2. The standard InChI is InChI=1S/C15H12FN3O/c16-15-7-12(8-17)1-4-13(15)10-20-14-5-2-11(3-6-14)9-19-18/h1-7,9H,10,18H2. The summed E-state index contributed by atoms with van der Waals surface area (Å²) in [6.45, 7) is 0.0991. The number of nitriles is 1. The van der Waals surface area contributed by atoms with Gasteiger partial charge in [-0.1, -0.05) is 6.07 Å². The fourth-order valence-corrected chi connectivity index (χ4v) is 1.63. The molecule has 0 saturated carbocycles. The number of halogens is 1. The molecule has 0 aliphatic carbocycles. The van der Waals surface area contributed by atoms with Gasteiger partial charge in [0, 0.05) is 5.56 Å². The number of hydrazone groups is 1. The van der Waals surface area contributed by atoms with Crippen molar-refractivity contribution in [3.8, 4) is 11.8 Å². The Kier molecular flexibility index (Phi) is 4.30. The van der Waals surface area contributed by atoms with Crippen LogP contribution in [0.5, 0.6) is 5.75 Å². The summed E-state index contributed by atoms with van der Waals surface area (Å²) in [7, 11) is 0. The minimum atomic E-state index is -0.448. The van der Waals surface area contributed by atoms with E-state index in [0.29, 0.717) is 11.3 Å². The van der Waals surface area contributed by atoms with Gasteiger partial charge in [0.05, 0.1) is 17.8 Å². The monoisotopic (exact) mass is 269 g/mol. The van der Waals surface area contributed by atoms with Crippen molar-refractivity contribution in [1.82, 2.24) is 0 Å². The highest BCUT2D eigenvalue weighted by Crippen LogP contribution is 2.16. The van der Waals surface area contributed by atoms with Crippen molar-refractivity contribution < 1.29 is 9.13 Å². The lowest BCUT2D eigenvalue weighted by molar-refractivity contribution is 0.300. The summed E-state index contributed by atoms with van der Waals surface area (Å²) < 4.78 is 19.1. The molecule has 0 bridgehead atoms. The van der Waals surface area contributed by atoms with Crippen LogP contribution in [0.4, 0.5) is 4.39 Å². The van der Waals surface area contributed by atoms with E-state index in [-0.39, 0.29) is 12.2 Å². The molecule has 4 nitrogen and oxygen atoms in total. The average molecular weight is 269 g/mol. The van der Waals surface area contributed by atoms with Crippen LogP contribution in [-0.2, 0) is 6.61 Å². The second-order valence-corrected chi connectivity index (χ2v) is 4.05. The summed E-state index contributed by atoms with van der Waals surface area (Å²) in [5.74, 6) is 5.21. The molecule has 0 aromatic heterocycles. The highest BCUT2D eigenvalue weighted by molar-refractivity contribution is 5.79. The van der Waals surface area contributed by atoms with Crippen molar-refractivity contribution in [3.63, 3.8) is 0 Å². The Labute approximate surface area is 115 Å². The summed E-state index contributed by atoms with van der Waals surface area (Å²) in [4.78, 5) is 0. The molecular weight excluding hydrogens is 257 g/mol. The fraction of sp³-hybridized carbons (Fsp3) is 0.0667. The highest BCUT2D eigenvalue weighted by atomic mass is 19.1. The van der Waals surface area contributed by atoms with Crippen LogP contribution in [0.1, 0.15) is 16.7 Å². The van der Waals surface area contributed by atoms with E-state index < -0.39 is 5.82 Å². The summed E-state index contributed by atoms with van der Waals surface area (Å²) in [6.07, 6.45) is 1.52. The van der Waals surface area contributed by atoms with Crippen molar-refractivity contribution in [2.24, 2.45) is 10.9 Å². The maximum atomic E-state index is 13.6. The third-order valence-electron chi connectivity index (χ3n) is 2.68. The Hall–Kier alpha value is -2.87. The molecule has 100 valence electrons. The van der Waals surface area contributed by atoms with Gasteiger partial charge in [0.2, 0.25) is 0 Å². The van der Waals surface area contributed by atoms with Gasteiger partial charge in [0.15, 0.2) is 0 Å². The molecule has 0 aliphatic rings. The Bertz CT molecular complexity index is 660. The van der Waals surface area contributed by atoms with Crippen molar-refractivity contribution in [2.45, 2.75) is 6.61 Å². The second kappa shape index (κ2) is 6.34. The molecule has 0 atom stereocenters. The third-order valence-corrected chi connectivity index (χ3v) is 2.68. The normalized spacial score (nSPS) is 10.4.